The van der Waals surface area contributed by atoms with Crippen molar-refractivity contribution in [3.63, 3.8) is 0 Å². The van der Waals surface area contributed by atoms with E-state index in [1.165, 1.54) is 0 Å². The van der Waals surface area contributed by atoms with Gasteiger partial charge in [0.2, 0.25) is 0 Å². The van der Waals surface area contributed by atoms with Crippen LogP contribution >= 0.6 is 22.6 Å². The zero-order valence-corrected chi connectivity index (χ0v) is 17.0. The standard InChI is InChI=1S/C21H25FIN3/c22-19-4-2-1-3-18(19)14-5-7-17-12-16(9-10-26(17)13-14)25-21-8-6-15(23)11-20(21)24/h1-4,6,8,11,14,16-17,25H,5,7,9-10,12-13,24H2/t14-,16+,17+/m1/s1. The number of piperidine rings is 2. The number of benzene rings is 2. The molecule has 3 N–H and O–H groups in total. The minimum absolute atomic E-state index is 0.0540. The lowest BCUT2D eigenvalue weighted by atomic mass is 9.82. The number of rotatable bonds is 3. The average Bonchev–Trinajstić information content (AvgIpc) is 2.64. The molecule has 0 amide bonds. The highest BCUT2D eigenvalue weighted by Crippen LogP contribution is 2.36. The lowest BCUT2D eigenvalue weighted by Gasteiger charge is -2.45. The summed E-state index contributed by atoms with van der Waals surface area (Å²) in [7, 11) is 0. The number of hydrogen-bond acceptors (Lipinski definition) is 3. The van der Waals surface area contributed by atoms with E-state index in [9.17, 15) is 4.39 Å². The van der Waals surface area contributed by atoms with Crippen molar-refractivity contribution in [3.8, 4) is 0 Å². The van der Waals surface area contributed by atoms with Crippen LogP contribution in [0.15, 0.2) is 42.5 Å². The molecule has 0 radical (unpaired) electrons. The third kappa shape index (κ3) is 3.83. The monoisotopic (exact) mass is 465 g/mol. The fourth-order valence-corrected chi connectivity index (χ4v) is 5.00. The van der Waals surface area contributed by atoms with Gasteiger partial charge >= 0.3 is 0 Å². The lowest BCUT2D eigenvalue weighted by molar-refractivity contribution is 0.0894. The number of fused-ring (bicyclic) bond motifs is 1. The van der Waals surface area contributed by atoms with E-state index in [1.807, 2.05) is 18.2 Å². The summed E-state index contributed by atoms with van der Waals surface area (Å²) in [6.07, 6.45) is 4.45. The van der Waals surface area contributed by atoms with Crippen molar-refractivity contribution < 1.29 is 4.39 Å². The summed E-state index contributed by atoms with van der Waals surface area (Å²) in [5.74, 6) is 0.269. The maximum absolute atomic E-state index is 14.1. The molecule has 2 aromatic carbocycles. The van der Waals surface area contributed by atoms with Crippen molar-refractivity contribution in [2.24, 2.45) is 0 Å². The molecule has 2 aliphatic rings. The zero-order chi connectivity index (χ0) is 18.1. The summed E-state index contributed by atoms with van der Waals surface area (Å²) in [4.78, 5) is 2.57. The van der Waals surface area contributed by atoms with Crippen LogP contribution in [0.3, 0.4) is 0 Å². The predicted octanol–water partition coefficient (Wildman–Crippen LogP) is 4.84. The Kier molecular flexibility index (Phi) is 5.36. The van der Waals surface area contributed by atoms with E-state index < -0.39 is 0 Å². The molecule has 0 aromatic heterocycles. The van der Waals surface area contributed by atoms with Gasteiger partial charge in [-0.25, -0.2) is 4.39 Å². The van der Waals surface area contributed by atoms with Crippen LogP contribution in [0.1, 0.15) is 37.2 Å². The van der Waals surface area contributed by atoms with Crippen molar-refractivity contribution in [2.75, 3.05) is 24.1 Å². The SMILES string of the molecule is Nc1cc(I)ccc1N[C@H]1CCN2C[C@H](c3ccccc3F)CC[C@H]2C1. The second kappa shape index (κ2) is 7.72. The third-order valence-corrected chi connectivity index (χ3v) is 6.53. The largest absolute Gasteiger partial charge is 0.397 e. The highest BCUT2D eigenvalue weighted by Gasteiger charge is 2.34. The molecule has 0 aliphatic carbocycles. The first-order valence-electron chi connectivity index (χ1n) is 9.40. The Bertz CT molecular complexity index is 782. The zero-order valence-electron chi connectivity index (χ0n) is 14.8. The van der Waals surface area contributed by atoms with Crippen LogP contribution in [0.5, 0.6) is 0 Å². The summed E-state index contributed by atoms with van der Waals surface area (Å²) in [6.45, 7) is 2.04. The van der Waals surface area contributed by atoms with Gasteiger partial charge in [0.05, 0.1) is 11.4 Å². The number of halogens is 2. The molecule has 0 unspecified atom stereocenters. The summed E-state index contributed by atoms with van der Waals surface area (Å²) in [5.41, 5.74) is 8.91. The molecular weight excluding hydrogens is 440 g/mol. The Morgan fingerprint density at radius 3 is 2.77 bits per heavy atom. The van der Waals surface area contributed by atoms with Gasteiger partial charge in [-0.05, 0) is 84.0 Å². The Morgan fingerprint density at radius 2 is 1.96 bits per heavy atom. The number of nitrogens with two attached hydrogens (primary N) is 1. The first-order valence-corrected chi connectivity index (χ1v) is 10.5. The normalized spacial score (nSPS) is 26.3. The van der Waals surface area contributed by atoms with E-state index in [4.69, 9.17) is 5.73 Å². The molecule has 3 atom stereocenters. The molecule has 0 spiro atoms. The molecule has 0 bridgehead atoms. The Hall–Kier alpha value is -1.34. The number of anilines is 2. The summed E-state index contributed by atoms with van der Waals surface area (Å²) in [5, 5.41) is 3.65. The van der Waals surface area contributed by atoms with Crippen molar-refractivity contribution in [1.29, 1.82) is 0 Å². The second-order valence-corrected chi connectivity index (χ2v) is 8.79. The number of nitrogen functional groups attached to an aromatic ring is 1. The molecule has 3 nitrogen and oxygen atoms in total. The van der Waals surface area contributed by atoms with Gasteiger partial charge in [0.1, 0.15) is 5.82 Å². The molecule has 26 heavy (non-hydrogen) atoms. The van der Waals surface area contributed by atoms with Crippen molar-refractivity contribution in [2.45, 2.75) is 43.7 Å². The van der Waals surface area contributed by atoms with E-state index in [0.717, 1.165) is 59.3 Å². The van der Waals surface area contributed by atoms with Crippen LogP contribution in [0, 0.1) is 9.39 Å². The predicted molar refractivity (Wildman–Crippen MR) is 114 cm³/mol. The smallest absolute Gasteiger partial charge is 0.126 e. The quantitative estimate of drug-likeness (QED) is 0.504. The van der Waals surface area contributed by atoms with Crippen LogP contribution in [-0.2, 0) is 0 Å². The van der Waals surface area contributed by atoms with Gasteiger partial charge in [-0.15, -0.1) is 0 Å². The van der Waals surface area contributed by atoms with E-state index in [2.05, 4.69) is 44.9 Å². The maximum atomic E-state index is 14.1. The number of hydrogen-bond donors (Lipinski definition) is 2. The van der Waals surface area contributed by atoms with Crippen LogP contribution in [0.2, 0.25) is 0 Å². The fourth-order valence-electron chi connectivity index (χ4n) is 4.48. The summed E-state index contributed by atoms with van der Waals surface area (Å²) >= 11 is 2.29. The van der Waals surface area contributed by atoms with Gasteiger partial charge < -0.3 is 11.1 Å². The Labute approximate surface area is 168 Å². The average molecular weight is 465 g/mol. The lowest BCUT2D eigenvalue weighted by Crippen LogP contribution is -2.50. The van der Waals surface area contributed by atoms with Crippen molar-refractivity contribution >= 4 is 34.0 Å². The van der Waals surface area contributed by atoms with Crippen LogP contribution < -0.4 is 11.1 Å². The van der Waals surface area contributed by atoms with Gasteiger partial charge in [-0.3, -0.25) is 4.90 Å². The molecule has 2 aliphatic heterocycles. The first kappa shape index (κ1) is 18.0. The molecular formula is C21H25FIN3. The highest BCUT2D eigenvalue weighted by atomic mass is 127. The second-order valence-electron chi connectivity index (χ2n) is 7.54. The summed E-state index contributed by atoms with van der Waals surface area (Å²) in [6, 6.07) is 14.5. The number of nitrogens with zero attached hydrogens (tertiary/aromatic N) is 1. The van der Waals surface area contributed by atoms with E-state index in [-0.39, 0.29) is 5.82 Å². The molecule has 2 heterocycles. The van der Waals surface area contributed by atoms with Crippen molar-refractivity contribution in [3.05, 3.63) is 57.4 Å². The Morgan fingerprint density at radius 1 is 1.12 bits per heavy atom. The van der Waals surface area contributed by atoms with E-state index in [1.54, 1.807) is 12.1 Å². The minimum Gasteiger partial charge on any atom is -0.397 e. The first-order chi connectivity index (χ1) is 12.6. The Balaban J connectivity index is 1.38. The molecule has 4 rings (SSSR count). The highest BCUT2D eigenvalue weighted by molar-refractivity contribution is 14.1. The topological polar surface area (TPSA) is 41.3 Å². The maximum Gasteiger partial charge on any atom is 0.126 e. The summed E-state index contributed by atoms with van der Waals surface area (Å²) < 4.78 is 15.3. The van der Waals surface area contributed by atoms with Gasteiger partial charge in [0.15, 0.2) is 0 Å². The van der Waals surface area contributed by atoms with Crippen LogP contribution in [0.4, 0.5) is 15.8 Å². The van der Waals surface area contributed by atoms with Crippen LogP contribution in [-0.4, -0.2) is 30.1 Å². The van der Waals surface area contributed by atoms with Gasteiger partial charge in [-0.2, -0.15) is 0 Å². The van der Waals surface area contributed by atoms with Gasteiger partial charge in [-0.1, -0.05) is 18.2 Å². The van der Waals surface area contributed by atoms with Crippen molar-refractivity contribution in [1.82, 2.24) is 4.90 Å². The molecule has 0 saturated carbocycles. The molecule has 2 saturated heterocycles. The molecule has 138 valence electrons. The molecule has 2 fully saturated rings. The van der Waals surface area contributed by atoms with E-state index in [0.29, 0.717) is 18.0 Å². The van der Waals surface area contributed by atoms with Gasteiger partial charge in [0.25, 0.3) is 0 Å². The minimum atomic E-state index is -0.0540. The molecule has 5 heteroatoms. The van der Waals surface area contributed by atoms with E-state index >= 15 is 0 Å². The fraction of sp³-hybridized carbons (Fsp3) is 0.429. The number of nitrogens with one attached hydrogen (secondary N) is 1. The van der Waals surface area contributed by atoms with Gasteiger partial charge in [0, 0.05) is 28.7 Å². The third-order valence-electron chi connectivity index (χ3n) is 5.86. The molecule has 2 aromatic rings. The van der Waals surface area contributed by atoms with Crippen LogP contribution in [0.25, 0.3) is 0 Å².